The van der Waals surface area contributed by atoms with Crippen LogP contribution in [0.15, 0.2) is 95.1 Å². The van der Waals surface area contributed by atoms with E-state index in [1.165, 1.54) is 4.31 Å². The number of anilines is 2. The van der Waals surface area contributed by atoms with Gasteiger partial charge in [0, 0.05) is 17.7 Å². The Kier molecular flexibility index (Phi) is 7.72. The van der Waals surface area contributed by atoms with E-state index < -0.39 is 15.9 Å². The van der Waals surface area contributed by atoms with Crippen LogP contribution in [0.2, 0.25) is 0 Å². The zero-order valence-electron chi connectivity index (χ0n) is 19.3. The summed E-state index contributed by atoms with van der Waals surface area (Å²) in [6.07, 6.45) is 1.47. The van der Waals surface area contributed by atoms with Gasteiger partial charge in [-0.25, -0.2) is 13.8 Å². The van der Waals surface area contributed by atoms with Crippen LogP contribution in [0.5, 0.6) is 0 Å². The molecule has 4 rings (SSSR count). The summed E-state index contributed by atoms with van der Waals surface area (Å²) in [4.78, 5) is 12.6. The van der Waals surface area contributed by atoms with E-state index in [9.17, 15) is 18.5 Å². The molecule has 0 unspecified atom stereocenters. The fourth-order valence-corrected chi connectivity index (χ4v) is 5.32. The van der Waals surface area contributed by atoms with Crippen molar-refractivity contribution in [2.75, 3.05) is 22.0 Å². The topological polar surface area (TPSA) is 127 Å². The molecule has 1 heterocycles. The molecular formula is C26H24N6O3S. The Balaban J connectivity index is 1.58. The number of para-hydroxylation sites is 1. The Hall–Kier alpha value is -4.49. The molecule has 0 atom stereocenters. The average Bonchev–Trinajstić information content (AvgIpc) is 2.90. The number of carbonyl (C=O) groups excluding carboxylic acids is 1. The van der Waals surface area contributed by atoms with Crippen molar-refractivity contribution in [2.45, 2.75) is 12.8 Å². The highest BCUT2D eigenvalue weighted by atomic mass is 32.2. The SMILES string of the molecule is N#C/C(=N/Nc1ccccc1)C(=O)N/N=C(\c1ccccc1)c1ccc(N2CCCCS2(=O)=O)cc1. The van der Waals surface area contributed by atoms with Crippen LogP contribution >= 0.6 is 0 Å². The van der Waals surface area contributed by atoms with E-state index in [1.54, 1.807) is 54.6 Å². The molecule has 0 spiro atoms. The first-order chi connectivity index (χ1) is 17.5. The maximum atomic E-state index is 12.6. The summed E-state index contributed by atoms with van der Waals surface area (Å²) in [5.41, 5.74) is 7.75. The molecule has 36 heavy (non-hydrogen) atoms. The van der Waals surface area contributed by atoms with E-state index >= 15 is 0 Å². The smallest absolute Gasteiger partial charge is 0.277 e. The Morgan fingerprint density at radius 1 is 0.861 bits per heavy atom. The van der Waals surface area contributed by atoms with Crippen molar-refractivity contribution < 1.29 is 13.2 Å². The molecule has 1 aliphatic heterocycles. The molecule has 1 amide bonds. The number of hydrogen-bond donors (Lipinski definition) is 2. The van der Waals surface area contributed by atoms with E-state index in [0.717, 1.165) is 12.0 Å². The van der Waals surface area contributed by atoms with Crippen LogP contribution in [0, 0.1) is 11.3 Å². The highest BCUT2D eigenvalue weighted by Crippen LogP contribution is 2.24. The van der Waals surface area contributed by atoms with Gasteiger partial charge in [-0.1, -0.05) is 60.7 Å². The summed E-state index contributed by atoms with van der Waals surface area (Å²) >= 11 is 0. The molecule has 9 nitrogen and oxygen atoms in total. The van der Waals surface area contributed by atoms with Crippen molar-refractivity contribution in [3.63, 3.8) is 0 Å². The highest BCUT2D eigenvalue weighted by Gasteiger charge is 2.26. The van der Waals surface area contributed by atoms with Crippen molar-refractivity contribution in [1.29, 1.82) is 5.26 Å². The molecule has 182 valence electrons. The first-order valence-electron chi connectivity index (χ1n) is 11.3. The zero-order chi connectivity index (χ0) is 25.4. The van der Waals surface area contributed by atoms with Gasteiger partial charge in [0.15, 0.2) is 0 Å². The van der Waals surface area contributed by atoms with Gasteiger partial charge in [-0.3, -0.25) is 14.5 Å². The number of hydrogen-bond acceptors (Lipinski definition) is 7. The summed E-state index contributed by atoms with van der Waals surface area (Å²) in [5, 5.41) is 17.5. The monoisotopic (exact) mass is 500 g/mol. The van der Waals surface area contributed by atoms with Gasteiger partial charge in [0.1, 0.15) is 6.07 Å². The molecule has 0 aromatic heterocycles. The first-order valence-corrected chi connectivity index (χ1v) is 12.9. The third kappa shape index (κ3) is 5.95. The van der Waals surface area contributed by atoms with Crippen LogP contribution in [-0.4, -0.2) is 38.0 Å². The lowest BCUT2D eigenvalue weighted by molar-refractivity contribution is -0.114. The molecule has 1 aliphatic rings. The quantitative estimate of drug-likeness (QED) is 0.379. The molecule has 3 aromatic carbocycles. The van der Waals surface area contributed by atoms with Crippen molar-refractivity contribution in [1.82, 2.24) is 5.43 Å². The second-order valence-electron chi connectivity index (χ2n) is 7.96. The predicted octanol–water partition coefficient (Wildman–Crippen LogP) is 3.48. The lowest BCUT2D eigenvalue weighted by Gasteiger charge is -2.28. The summed E-state index contributed by atoms with van der Waals surface area (Å²) < 4.78 is 26.3. The maximum absolute atomic E-state index is 12.6. The van der Waals surface area contributed by atoms with Crippen molar-refractivity contribution in [3.8, 4) is 6.07 Å². The molecule has 3 aromatic rings. The van der Waals surface area contributed by atoms with E-state index in [1.807, 2.05) is 36.4 Å². The van der Waals surface area contributed by atoms with Gasteiger partial charge >= 0.3 is 5.91 Å². The summed E-state index contributed by atoms with van der Waals surface area (Å²) in [7, 11) is -3.33. The minimum absolute atomic E-state index is 0.138. The fourth-order valence-electron chi connectivity index (χ4n) is 3.68. The van der Waals surface area contributed by atoms with Gasteiger partial charge in [-0.2, -0.15) is 15.5 Å². The molecule has 0 saturated carbocycles. The number of amides is 1. The summed E-state index contributed by atoms with van der Waals surface area (Å²) in [6.45, 7) is 0.449. The second kappa shape index (κ2) is 11.3. The number of hydrazone groups is 2. The van der Waals surface area contributed by atoms with Crippen molar-refractivity contribution in [2.24, 2.45) is 10.2 Å². The van der Waals surface area contributed by atoms with Gasteiger partial charge < -0.3 is 0 Å². The Bertz CT molecular complexity index is 1410. The molecule has 10 heteroatoms. The molecule has 0 radical (unpaired) electrons. The van der Waals surface area contributed by atoms with Gasteiger partial charge in [-0.15, -0.1) is 0 Å². The van der Waals surface area contributed by atoms with Gasteiger partial charge in [0.05, 0.1) is 22.8 Å². The van der Waals surface area contributed by atoms with Crippen LogP contribution in [0.4, 0.5) is 11.4 Å². The van der Waals surface area contributed by atoms with Crippen molar-refractivity contribution in [3.05, 3.63) is 96.1 Å². The number of nitrogens with one attached hydrogen (secondary N) is 2. The van der Waals surface area contributed by atoms with E-state index in [2.05, 4.69) is 21.1 Å². The van der Waals surface area contributed by atoms with Gasteiger partial charge in [0.2, 0.25) is 15.7 Å². The van der Waals surface area contributed by atoms with Crippen LogP contribution in [-0.2, 0) is 14.8 Å². The number of nitriles is 1. The Morgan fingerprint density at radius 2 is 1.50 bits per heavy atom. The Labute approximate surface area is 209 Å². The van der Waals surface area contributed by atoms with Gasteiger partial charge in [-0.05, 0) is 37.1 Å². The number of nitrogens with zero attached hydrogens (tertiary/aromatic N) is 4. The summed E-state index contributed by atoms with van der Waals surface area (Å²) in [6, 6.07) is 26.9. The van der Waals surface area contributed by atoms with Crippen LogP contribution in [0.1, 0.15) is 24.0 Å². The molecular weight excluding hydrogens is 476 g/mol. The second-order valence-corrected chi connectivity index (χ2v) is 9.97. The zero-order valence-corrected chi connectivity index (χ0v) is 20.1. The number of carbonyl (C=O) groups is 1. The van der Waals surface area contributed by atoms with Crippen LogP contribution in [0.25, 0.3) is 0 Å². The summed E-state index contributed by atoms with van der Waals surface area (Å²) in [5.74, 6) is -0.634. The Morgan fingerprint density at radius 3 is 2.14 bits per heavy atom. The first kappa shape index (κ1) is 24.6. The van der Waals surface area contributed by atoms with E-state index in [-0.39, 0.29) is 11.5 Å². The van der Waals surface area contributed by atoms with Crippen LogP contribution in [0.3, 0.4) is 0 Å². The highest BCUT2D eigenvalue weighted by molar-refractivity contribution is 7.92. The molecule has 0 bridgehead atoms. The molecule has 1 saturated heterocycles. The normalized spacial score (nSPS) is 15.6. The van der Waals surface area contributed by atoms with E-state index in [0.29, 0.717) is 35.6 Å². The largest absolute Gasteiger partial charge is 0.302 e. The minimum Gasteiger partial charge on any atom is -0.277 e. The number of benzene rings is 3. The standard InChI is InChI=1S/C26H24N6O3S/c27-19-24(29-28-22-11-5-2-6-12-22)26(33)31-30-25(20-9-3-1-4-10-20)21-13-15-23(16-14-21)32-17-7-8-18-36(32,34)35/h1-6,9-16,28H,7-8,17-18H2,(H,31,33)/b29-24-,30-25+. The molecule has 1 fully saturated rings. The fraction of sp³-hybridized carbons (Fsp3) is 0.154. The van der Waals surface area contributed by atoms with E-state index in [4.69, 9.17) is 0 Å². The molecule has 2 N–H and O–H groups in total. The van der Waals surface area contributed by atoms with Crippen molar-refractivity contribution >= 4 is 38.7 Å². The molecule has 0 aliphatic carbocycles. The third-order valence-corrected chi connectivity index (χ3v) is 7.36. The van der Waals surface area contributed by atoms with Crippen LogP contribution < -0.4 is 15.2 Å². The van der Waals surface area contributed by atoms with Gasteiger partial charge in [0.25, 0.3) is 0 Å². The predicted molar refractivity (Wildman–Crippen MR) is 140 cm³/mol. The maximum Gasteiger partial charge on any atom is 0.302 e. The lowest BCUT2D eigenvalue weighted by Crippen LogP contribution is -2.37. The minimum atomic E-state index is -3.33. The third-order valence-electron chi connectivity index (χ3n) is 5.49. The number of sulfonamides is 1. The number of rotatable bonds is 7. The average molecular weight is 501 g/mol. The lowest BCUT2D eigenvalue weighted by atomic mass is 10.0.